The fourth-order valence-electron chi connectivity index (χ4n) is 1.31. The van der Waals surface area contributed by atoms with Gasteiger partial charge in [-0.3, -0.25) is 0 Å². The van der Waals surface area contributed by atoms with E-state index in [9.17, 15) is 0 Å². The summed E-state index contributed by atoms with van der Waals surface area (Å²) in [7, 11) is 0. The molecule has 0 bridgehead atoms. The minimum Gasteiger partial charge on any atom is -0.0838 e. The quantitative estimate of drug-likeness (QED) is 0.471. The zero-order chi connectivity index (χ0) is 6.81. The van der Waals surface area contributed by atoms with Crippen LogP contribution in [-0.2, 0) is 12.8 Å². The predicted octanol–water partition coefficient (Wildman–Crippen LogP) is 2.14. The number of allylic oxidation sites excluding steroid dienone is 2. The van der Waals surface area contributed by atoms with Crippen LogP contribution in [0.25, 0.3) is 0 Å². The Morgan fingerprint density at radius 3 is 2.70 bits per heavy atom. The smallest absolute Gasteiger partial charge is 0.00943 e. The van der Waals surface area contributed by atoms with Crippen LogP contribution >= 0.6 is 0 Å². The maximum atomic E-state index is 3.09. The average molecular weight is 129 g/mol. The number of hydrogen-bond donors (Lipinski definition) is 0. The molecule has 0 atom stereocenters. The second kappa shape index (κ2) is 2.30. The Hall–Kier alpha value is -1.04. The highest BCUT2D eigenvalue weighted by molar-refractivity contribution is 5.32. The topological polar surface area (TPSA) is 0 Å². The Morgan fingerprint density at radius 2 is 1.90 bits per heavy atom. The first-order chi connectivity index (χ1) is 4.97. The molecule has 0 fully saturated rings. The van der Waals surface area contributed by atoms with Crippen LogP contribution in [0.2, 0.25) is 0 Å². The summed E-state index contributed by atoms with van der Waals surface area (Å²) in [5.41, 5.74) is 2.89. The molecular formula is C10H9. The van der Waals surface area contributed by atoms with Gasteiger partial charge in [-0.05, 0) is 30.0 Å². The van der Waals surface area contributed by atoms with Crippen molar-refractivity contribution < 1.29 is 0 Å². The van der Waals surface area contributed by atoms with Gasteiger partial charge in [0, 0.05) is 0 Å². The number of fused-ring (bicyclic) bond motifs is 1. The Bertz CT molecular complexity index is 231. The molecule has 0 amide bonds. The van der Waals surface area contributed by atoms with Crippen molar-refractivity contribution in [2.45, 2.75) is 12.8 Å². The molecule has 0 saturated heterocycles. The van der Waals surface area contributed by atoms with E-state index in [2.05, 4.69) is 30.4 Å². The van der Waals surface area contributed by atoms with Gasteiger partial charge < -0.3 is 0 Å². The SMILES string of the molecule is [c]1ccc2c(c1)CC=CC2. The largest absolute Gasteiger partial charge is 0.0838 e. The van der Waals surface area contributed by atoms with E-state index >= 15 is 0 Å². The maximum Gasteiger partial charge on any atom is -0.00943 e. The summed E-state index contributed by atoms with van der Waals surface area (Å²) >= 11 is 0. The van der Waals surface area contributed by atoms with Crippen molar-refractivity contribution in [2.24, 2.45) is 0 Å². The van der Waals surface area contributed by atoms with Gasteiger partial charge in [-0.2, -0.15) is 0 Å². The zero-order valence-corrected chi connectivity index (χ0v) is 5.80. The fraction of sp³-hybridized carbons (Fsp3) is 0.200. The van der Waals surface area contributed by atoms with Crippen LogP contribution in [0.5, 0.6) is 0 Å². The lowest BCUT2D eigenvalue weighted by atomic mass is 9.97. The van der Waals surface area contributed by atoms with Gasteiger partial charge in [0.15, 0.2) is 0 Å². The molecule has 0 saturated carbocycles. The van der Waals surface area contributed by atoms with Gasteiger partial charge in [0.1, 0.15) is 0 Å². The zero-order valence-electron chi connectivity index (χ0n) is 5.80. The van der Waals surface area contributed by atoms with Crippen LogP contribution in [-0.4, -0.2) is 0 Å². The summed E-state index contributed by atoms with van der Waals surface area (Å²) < 4.78 is 0. The summed E-state index contributed by atoms with van der Waals surface area (Å²) in [6.45, 7) is 0. The molecule has 0 nitrogen and oxygen atoms in total. The first-order valence-corrected chi connectivity index (χ1v) is 3.59. The molecule has 0 aromatic heterocycles. The summed E-state index contributed by atoms with van der Waals surface area (Å²) in [4.78, 5) is 0. The lowest BCUT2D eigenvalue weighted by Crippen LogP contribution is -1.95. The van der Waals surface area contributed by atoms with Crippen LogP contribution in [0.15, 0.2) is 30.4 Å². The molecule has 1 aromatic rings. The highest BCUT2D eigenvalue weighted by atomic mass is 14.1. The van der Waals surface area contributed by atoms with Crippen molar-refractivity contribution >= 4 is 0 Å². The van der Waals surface area contributed by atoms with E-state index < -0.39 is 0 Å². The van der Waals surface area contributed by atoms with Crippen LogP contribution in [0.3, 0.4) is 0 Å². The Morgan fingerprint density at radius 1 is 1.10 bits per heavy atom. The molecule has 10 heavy (non-hydrogen) atoms. The van der Waals surface area contributed by atoms with Crippen molar-refractivity contribution in [3.63, 3.8) is 0 Å². The van der Waals surface area contributed by atoms with E-state index in [1.165, 1.54) is 11.1 Å². The van der Waals surface area contributed by atoms with Gasteiger partial charge in [-0.1, -0.05) is 30.4 Å². The Balaban J connectivity index is 2.47. The fourth-order valence-corrected chi connectivity index (χ4v) is 1.31. The molecule has 1 radical (unpaired) electrons. The predicted molar refractivity (Wildman–Crippen MR) is 41.8 cm³/mol. The van der Waals surface area contributed by atoms with Crippen molar-refractivity contribution in [1.29, 1.82) is 0 Å². The summed E-state index contributed by atoms with van der Waals surface area (Å²) in [5.74, 6) is 0. The third kappa shape index (κ3) is 0.860. The highest BCUT2D eigenvalue weighted by Crippen LogP contribution is 2.14. The molecular weight excluding hydrogens is 120 g/mol. The molecule has 1 aliphatic rings. The van der Waals surface area contributed by atoms with Crippen LogP contribution in [0.4, 0.5) is 0 Å². The minimum atomic E-state index is 1.09. The van der Waals surface area contributed by atoms with Gasteiger partial charge in [0.05, 0.1) is 0 Å². The monoisotopic (exact) mass is 129 g/mol. The van der Waals surface area contributed by atoms with E-state index in [1.807, 2.05) is 6.07 Å². The number of benzene rings is 1. The van der Waals surface area contributed by atoms with Crippen LogP contribution < -0.4 is 0 Å². The van der Waals surface area contributed by atoms with Crippen LogP contribution in [0.1, 0.15) is 11.1 Å². The minimum absolute atomic E-state index is 1.09. The average Bonchev–Trinajstić information content (AvgIpc) is 2.05. The third-order valence-corrected chi connectivity index (χ3v) is 1.89. The lowest BCUT2D eigenvalue weighted by Gasteiger charge is -2.08. The van der Waals surface area contributed by atoms with Crippen molar-refractivity contribution in [1.82, 2.24) is 0 Å². The van der Waals surface area contributed by atoms with Gasteiger partial charge in [0.25, 0.3) is 0 Å². The molecule has 0 unspecified atom stereocenters. The third-order valence-electron chi connectivity index (χ3n) is 1.89. The standard InChI is InChI=1S/C10H9/c1-2-6-10-8-4-3-7-9(10)5-1/h1-3,7-8H,5-6H2. The first-order valence-electron chi connectivity index (χ1n) is 3.59. The second-order valence-corrected chi connectivity index (χ2v) is 2.57. The number of rotatable bonds is 0. The van der Waals surface area contributed by atoms with Gasteiger partial charge in [0.2, 0.25) is 0 Å². The van der Waals surface area contributed by atoms with Gasteiger partial charge >= 0.3 is 0 Å². The maximum absolute atomic E-state index is 3.09. The van der Waals surface area contributed by atoms with Crippen LogP contribution in [0, 0.1) is 6.07 Å². The Kier molecular flexibility index (Phi) is 1.31. The normalized spacial score (nSPS) is 14.8. The molecule has 0 aliphatic heterocycles. The van der Waals surface area contributed by atoms with Crippen molar-refractivity contribution in [3.8, 4) is 0 Å². The van der Waals surface area contributed by atoms with Crippen molar-refractivity contribution in [2.75, 3.05) is 0 Å². The summed E-state index contributed by atoms with van der Waals surface area (Å²) in [6, 6.07) is 9.30. The Labute approximate surface area is 61.2 Å². The van der Waals surface area contributed by atoms with Gasteiger partial charge in [-0.25, -0.2) is 0 Å². The van der Waals surface area contributed by atoms with E-state index in [4.69, 9.17) is 0 Å². The molecule has 0 heteroatoms. The molecule has 49 valence electrons. The number of hydrogen-bond acceptors (Lipinski definition) is 0. The molecule has 1 aromatic carbocycles. The highest BCUT2D eigenvalue weighted by Gasteiger charge is 2.00. The van der Waals surface area contributed by atoms with Gasteiger partial charge in [-0.15, -0.1) is 0 Å². The lowest BCUT2D eigenvalue weighted by molar-refractivity contribution is 1.09. The molecule has 1 aliphatic carbocycles. The summed E-state index contributed by atoms with van der Waals surface area (Å²) in [5, 5.41) is 0. The molecule has 0 spiro atoms. The van der Waals surface area contributed by atoms with E-state index in [0.29, 0.717) is 0 Å². The van der Waals surface area contributed by atoms with E-state index in [1.54, 1.807) is 0 Å². The van der Waals surface area contributed by atoms with E-state index in [-0.39, 0.29) is 0 Å². The van der Waals surface area contributed by atoms with E-state index in [0.717, 1.165) is 12.8 Å². The molecule has 2 rings (SSSR count). The molecule has 0 heterocycles. The first kappa shape index (κ1) is 5.72. The molecule has 0 N–H and O–H groups in total. The summed E-state index contributed by atoms with van der Waals surface area (Å²) in [6.07, 6.45) is 6.63. The second-order valence-electron chi connectivity index (χ2n) is 2.57. The van der Waals surface area contributed by atoms with Crippen molar-refractivity contribution in [3.05, 3.63) is 47.5 Å².